The molecule has 0 aliphatic heterocycles. The summed E-state index contributed by atoms with van der Waals surface area (Å²) in [6.07, 6.45) is 12.2. The molecule has 0 saturated heterocycles. The molecule has 2 aromatic rings. The molecule has 2 aliphatic rings. The van der Waals surface area contributed by atoms with Crippen molar-refractivity contribution in [1.82, 2.24) is 0 Å². The van der Waals surface area contributed by atoms with Crippen molar-refractivity contribution in [3.8, 4) is 5.75 Å². The lowest BCUT2D eigenvalue weighted by Gasteiger charge is -2.42. The fraction of sp³-hybridized carbons (Fsp3) is 0.538. The molecule has 2 saturated carbocycles. The summed E-state index contributed by atoms with van der Waals surface area (Å²) in [6, 6.07) is 6.41. The zero-order valence-corrected chi connectivity index (χ0v) is 17.6. The Morgan fingerprint density at radius 3 is 2.55 bits per heavy atom. The summed E-state index contributed by atoms with van der Waals surface area (Å²) in [4.78, 5) is 0. The second kappa shape index (κ2) is 8.85. The molecule has 156 valence electrons. The smallest absolute Gasteiger partial charge is 0.134 e. The largest absolute Gasteiger partial charge is 0.489 e. The van der Waals surface area contributed by atoms with Crippen molar-refractivity contribution in [3.05, 3.63) is 53.6 Å². The first-order valence-corrected chi connectivity index (χ1v) is 11.3. The summed E-state index contributed by atoms with van der Waals surface area (Å²) < 4.78 is 35.4. The quantitative estimate of drug-likeness (QED) is 0.467. The van der Waals surface area contributed by atoms with Crippen LogP contribution >= 0.6 is 0 Å². The molecule has 2 fully saturated rings. The maximum atomic E-state index is 15.0. The van der Waals surface area contributed by atoms with Crippen LogP contribution in [0, 0.1) is 29.4 Å². The summed E-state index contributed by atoms with van der Waals surface area (Å²) in [6.45, 7) is 4.59. The standard InChI is InChI=1S/C26H32F2O/c1-3-5-10-29-22-13-21-14-25(27)23(16-24(21)26(28)15-22)20-9-8-18-11-17(4-2)6-7-19(18)12-20/h3,5,13-20H,4,6-12H2,1-2H3. The molecule has 0 spiro atoms. The minimum absolute atomic E-state index is 0.201. The first-order valence-electron chi connectivity index (χ1n) is 11.3. The van der Waals surface area contributed by atoms with E-state index in [4.69, 9.17) is 4.74 Å². The Labute approximate surface area is 173 Å². The van der Waals surface area contributed by atoms with E-state index >= 15 is 4.39 Å². The summed E-state index contributed by atoms with van der Waals surface area (Å²) >= 11 is 0. The van der Waals surface area contributed by atoms with Crippen molar-refractivity contribution >= 4 is 10.8 Å². The van der Waals surface area contributed by atoms with Gasteiger partial charge in [0.05, 0.1) is 0 Å². The third-order valence-electron chi connectivity index (χ3n) is 7.31. The molecule has 1 nitrogen and oxygen atoms in total. The predicted molar refractivity (Wildman–Crippen MR) is 115 cm³/mol. The highest BCUT2D eigenvalue weighted by atomic mass is 19.1. The van der Waals surface area contributed by atoms with Crippen molar-refractivity contribution < 1.29 is 13.5 Å². The van der Waals surface area contributed by atoms with Crippen molar-refractivity contribution in [2.24, 2.45) is 17.8 Å². The molecule has 29 heavy (non-hydrogen) atoms. The van der Waals surface area contributed by atoms with Gasteiger partial charge in [-0.1, -0.05) is 31.9 Å². The van der Waals surface area contributed by atoms with E-state index in [1.54, 1.807) is 12.1 Å². The molecule has 4 unspecified atom stereocenters. The Hall–Kier alpha value is -1.90. The van der Waals surface area contributed by atoms with Gasteiger partial charge >= 0.3 is 0 Å². The van der Waals surface area contributed by atoms with Crippen LogP contribution in [0.1, 0.15) is 70.3 Å². The minimum atomic E-state index is -0.337. The molecule has 4 rings (SSSR count). The SMILES string of the molecule is CC=CCOc1cc(F)c2cc(C3CCC4CC(CC)CCC4C3)c(F)cc2c1. The van der Waals surface area contributed by atoms with Gasteiger partial charge in [0.25, 0.3) is 0 Å². The number of hydrogen-bond donors (Lipinski definition) is 0. The van der Waals surface area contributed by atoms with E-state index in [0.29, 0.717) is 34.6 Å². The van der Waals surface area contributed by atoms with Gasteiger partial charge in [0, 0.05) is 11.5 Å². The lowest BCUT2D eigenvalue weighted by atomic mass is 9.63. The number of halogens is 2. The van der Waals surface area contributed by atoms with Gasteiger partial charge in [0.1, 0.15) is 24.0 Å². The second-order valence-electron chi connectivity index (χ2n) is 9.00. The molecular weight excluding hydrogens is 366 g/mol. The minimum Gasteiger partial charge on any atom is -0.489 e. The summed E-state index contributed by atoms with van der Waals surface area (Å²) in [5, 5.41) is 1.07. The van der Waals surface area contributed by atoms with Gasteiger partial charge in [-0.3, -0.25) is 0 Å². The molecule has 2 aliphatic carbocycles. The number of fused-ring (bicyclic) bond motifs is 2. The first kappa shape index (κ1) is 20.4. The van der Waals surface area contributed by atoms with Gasteiger partial charge < -0.3 is 4.74 Å². The fourth-order valence-corrected chi connectivity index (χ4v) is 5.61. The predicted octanol–water partition coefficient (Wildman–Crippen LogP) is 7.78. The highest BCUT2D eigenvalue weighted by Crippen LogP contribution is 2.48. The number of ether oxygens (including phenoxy) is 1. The van der Waals surface area contributed by atoms with Crippen LogP contribution in [-0.2, 0) is 0 Å². The molecule has 3 heteroatoms. The van der Waals surface area contributed by atoms with E-state index in [0.717, 1.165) is 24.7 Å². The van der Waals surface area contributed by atoms with E-state index in [1.165, 1.54) is 44.2 Å². The van der Waals surface area contributed by atoms with Gasteiger partial charge in [-0.25, -0.2) is 8.78 Å². The topological polar surface area (TPSA) is 9.23 Å². The fourth-order valence-electron chi connectivity index (χ4n) is 5.61. The van der Waals surface area contributed by atoms with E-state index in [2.05, 4.69) is 6.92 Å². The lowest BCUT2D eigenvalue weighted by Crippen LogP contribution is -2.30. The van der Waals surface area contributed by atoms with Crippen LogP contribution in [0.3, 0.4) is 0 Å². The van der Waals surface area contributed by atoms with Crippen molar-refractivity contribution in [1.29, 1.82) is 0 Å². The zero-order chi connectivity index (χ0) is 20.4. The van der Waals surface area contributed by atoms with Crippen LogP contribution in [0.25, 0.3) is 10.8 Å². The first-order chi connectivity index (χ1) is 14.1. The highest BCUT2D eigenvalue weighted by Gasteiger charge is 2.36. The molecule has 0 radical (unpaired) electrons. The third-order valence-corrected chi connectivity index (χ3v) is 7.31. The Balaban J connectivity index is 1.56. The Kier molecular flexibility index (Phi) is 6.22. The van der Waals surface area contributed by atoms with Crippen LogP contribution in [0.4, 0.5) is 8.78 Å². The van der Waals surface area contributed by atoms with Crippen LogP contribution < -0.4 is 4.74 Å². The number of hydrogen-bond acceptors (Lipinski definition) is 1. The van der Waals surface area contributed by atoms with Crippen LogP contribution in [0.5, 0.6) is 5.75 Å². The highest BCUT2D eigenvalue weighted by molar-refractivity contribution is 5.85. The average Bonchev–Trinajstić information content (AvgIpc) is 2.73. The third kappa shape index (κ3) is 4.34. The summed E-state index contributed by atoms with van der Waals surface area (Å²) in [5.41, 5.74) is 0.704. The van der Waals surface area contributed by atoms with Crippen LogP contribution in [0.15, 0.2) is 36.4 Å². The van der Waals surface area contributed by atoms with Gasteiger partial charge in [-0.15, -0.1) is 0 Å². The molecule has 0 amide bonds. The molecular formula is C26H32F2O. The Bertz CT molecular complexity index is 888. The maximum Gasteiger partial charge on any atom is 0.134 e. The average molecular weight is 399 g/mol. The monoisotopic (exact) mass is 398 g/mol. The van der Waals surface area contributed by atoms with Gasteiger partial charge in [0.15, 0.2) is 0 Å². The van der Waals surface area contributed by atoms with Crippen LogP contribution in [-0.4, -0.2) is 6.61 Å². The number of allylic oxidation sites excluding steroid dienone is 1. The number of rotatable bonds is 5. The lowest BCUT2D eigenvalue weighted by molar-refractivity contribution is 0.115. The normalized spacial score (nSPS) is 27.3. The van der Waals surface area contributed by atoms with Crippen LogP contribution in [0.2, 0.25) is 0 Å². The molecule has 0 aromatic heterocycles. The molecule has 4 atom stereocenters. The van der Waals surface area contributed by atoms with Gasteiger partial charge in [-0.05, 0) is 91.8 Å². The van der Waals surface area contributed by atoms with Crippen molar-refractivity contribution in [2.45, 2.75) is 64.7 Å². The summed E-state index contributed by atoms with van der Waals surface area (Å²) in [7, 11) is 0. The van der Waals surface area contributed by atoms with E-state index in [-0.39, 0.29) is 17.6 Å². The zero-order valence-electron chi connectivity index (χ0n) is 17.6. The van der Waals surface area contributed by atoms with Gasteiger partial charge in [-0.2, -0.15) is 0 Å². The van der Waals surface area contributed by atoms with Crippen molar-refractivity contribution in [3.63, 3.8) is 0 Å². The number of benzene rings is 2. The molecule has 0 N–H and O–H groups in total. The Morgan fingerprint density at radius 2 is 1.76 bits per heavy atom. The molecule has 0 heterocycles. The molecule has 0 bridgehead atoms. The van der Waals surface area contributed by atoms with Crippen molar-refractivity contribution in [2.75, 3.05) is 6.61 Å². The molecule has 2 aromatic carbocycles. The maximum absolute atomic E-state index is 15.0. The van der Waals surface area contributed by atoms with Gasteiger partial charge in [0.2, 0.25) is 0 Å². The summed E-state index contributed by atoms with van der Waals surface area (Å²) in [5.74, 6) is 2.51. The van der Waals surface area contributed by atoms with E-state index < -0.39 is 0 Å². The Morgan fingerprint density at radius 1 is 0.966 bits per heavy atom. The van der Waals surface area contributed by atoms with E-state index in [1.807, 2.05) is 19.1 Å². The second-order valence-corrected chi connectivity index (χ2v) is 9.00. The van der Waals surface area contributed by atoms with E-state index in [9.17, 15) is 4.39 Å².